The number of rotatable bonds is 4. The number of carbonyl (C=O) groups is 1. The number of nitrogens with one attached hydrogen (secondary N) is 1. The second-order valence-electron chi connectivity index (χ2n) is 6.00. The summed E-state index contributed by atoms with van der Waals surface area (Å²) in [5.74, 6) is 0.704. The number of H-pyrrole nitrogens is 1. The van der Waals surface area contributed by atoms with Gasteiger partial charge in [0.05, 0.1) is 16.5 Å². The molecule has 2 heterocycles. The van der Waals surface area contributed by atoms with Crippen molar-refractivity contribution < 1.29 is 19.0 Å². The molecule has 0 radical (unpaired) electrons. The van der Waals surface area contributed by atoms with Crippen LogP contribution in [0, 0.1) is 0 Å². The van der Waals surface area contributed by atoms with Crippen LogP contribution in [0.3, 0.4) is 0 Å². The zero-order valence-electron chi connectivity index (χ0n) is 14.5. The Morgan fingerprint density at radius 2 is 1.96 bits per heavy atom. The Morgan fingerprint density at radius 3 is 2.78 bits per heavy atom. The molecule has 138 valence electrons. The van der Waals surface area contributed by atoms with E-state index in [4.69, 9.17) is 14.2 Å². The molecule has 1 aromatic heterocycles. The molecule has 0 bridgehead atoms. The van der Waals surface area contributed by atoms with Gasteiger partial charge < -0.3 is 19.2 Å². The van der Waals surface area contributed by atoms with E-state index >= 15 is 0 Å². The number of fused-ring (bicyclic) bond motifs is 2. The lowest BCUT2D eigenvalue weighted by Crippen LogP contribution is -2.34. The van der Waals surface area contributed by atoms with Crippen molar-refractivity contribution in [1.82, 2.24) is 9.55 Å². The molecule has 1 aliphatic heterocycles. The van der Waals surface area contributed by atoms with E-state index in [1.54, 1.807) is 25.1 Å². The lowest BCUT2D eigenvalue weighted by molar-refractivity contribution is 0.0472. The highest BCUT2D eigenvalue weighted by Crippen LogP contribution is 2.32. The number of hydrogen-bond donors (Lipinski definition) is 1. The first-order valence-corrected chi connectivity index (χ1v) is 8.39. The number of benzene rings is 2. The molecule has 0 unspecified atom stereocenters. The molecule has 2 aromatic carbocycles. The van der Waals surface area contributed by atoms with Crippen LogP contribution in [0.1, 0.15) is 22.8 Å². The Balaban J connectivity index is 1.56. The van der Waals surface area contributed by atoms with Crippen LogP contribution in [0.5, 0.6) is 11.5 Å². The SMILES string of the molecule is CCn1c(=O)[nH]c2cc(C(=O)OCc3ccc4c(c3)OCO4)ccc2c1=O. The smallest absolute Gasteiger partial charge is 0.338 e. The first-order chi connectivity index (χ1) is 13.1. The molecule has 8 nitrogen and oxygen atoms in total. The monoisotopic (exact) mass is 368 g/mol. The third-order valence-electron chi connectivity index (χ3n) is 4.34. The molecule has 0 amide bonds. The number of nitrogens with zero attached hydrogens (tertiary/aromatic N) is 1. The lowest BCUT2D eigenvalue weighted by atomic mass is 10.1. The maximum Gasteiger partial charge on any atom is 0.338 e. The maximum absolute atomic E-state index is 12.3. The van der Waals surface area contributed by atoms with Gasteiger partial charge in [-0.3, -0.25) is 9.36 Å². The number of hydrogen-bond acceptors (Lipinski definition) is 6. The van der Waals surface area contributed by atoms with E-state index in [1.807, 2.05) is 0 Å². The Bertz CT molecular complexity index is 1160. The zero-order chi connectivity index (χ0) is 19.0. The molecule has 3 aromatic rings. The third-order valence-corrected chi connectivity index (χ3v) is 4.34. The van der Waals surface area contributed by atoms with Crippen LogP contribution in [0.15, 0.2) is 46.0 Å². The van der Waals surface area contributed by atoms with Gasteiger partial charge in [0.25, 0.3) is 5.56 Å². The number of ether oxygens (including phenoxy) is 3. The standard InChI is InChI=1S/C19H16N2O6/c1-2-21-17(22)13-5-4-12(8-14(13)20-19(21)24)18(23)25-9-11-3-6-15-16(7-11)27-10-26-15/h3-8H,2,9-10H2,1H3,(H,20,24). The molecule has 0 aliphatic carbocycles. The summed E-state index contributed by atoms with van der Waals surface area (Å²) in [6.45, 7) is 2.21. The average molecular weight is 368 g/mol. The molecule has 0 fully saturated rings. The molecule has 0 atom stereocenters. The Labute approximate surface area is 152 Å². The minimum absolute atomic E-state index is 0.0570. The fourth-order valence-electron chi connectivity index (χ4n) is 2.93. The molecule has 0 saturated heterocycles. The van der Waals surface area contributed by atoms with Crippen LogP contribution >= 0.6 is 0 Å². The summed E-state index contributed by atoms with van der Waals surface area (Å²) in [6.07, 6.45) is 0. The van der Waals surface area contributed by atoms with Crippen LogP contribution in [0.25, 0.3) is 10.9 Å². The Kier molecular flexibility index (Phi) is 4.15. The van der Waals surface area contributed by atoms with E-state index in [2.05, 4.69) is 4.98 Å². The van der Waals surface area contributed by atoms with Crippen molar-refractivity contribution in [2.45, 2.75) is 20.1 Å². The normalized spacial score (nSPS) is 12.3. The summed E-state index contributed by atoms with van der Waals surface area (Å²) in [5, 5.41) is 0.337. The van der Waals surface area contributed by atoms with Gasteiger partial charge in [-0.25, -0.2) is 9.59 Å². The van der Waals surface area contributed by atoms with Gasteiger partial charge in [0, 0.05) is 6.54 Å². The zero-order valence-corrected chi connectivity index (χ0v) is 14.5. The van der Waals surface area contributed by atoms with E-state index in [9.17, 15) is 14.4 Å². The van der Waals surface area contributed by atoms with Crippen LogP contribution in [0.2, 0.25) is 0 Å². The summed E-state index contributed by atoms with van der Waals surface area (Å²) < 4.78 is 16.9. The second-order valence-corrected chi connectivity index (χ2v) is 6.00. The van der Waals surface area contributed by atoms with Gasteiger partial charge in [-0.1, -0.05) is 6.07 Å². The summed E-state index contributed by atoms with van der Waals surface area (Å²) >= 11 is 0. The van der Waals surface area contributed by atoms with Crippen molar-refractivity contribution in [3.63, 3.8) is 0 Å². The largest absolute Gasteiger partial charge is 0.457 e. The predicted octanol–water partition coefficient (Wildman–Crippen LogP) is 1.80. The number of esters is 1. The molecule has 1 aliphatic rings. The topological polar surface area (TPSA) is 99.6 Å². The summed E-state index contributed by atoms with van der Waals surface area (Å²) in [6, 6.07) is 9.75. The first kappa shape index (κ1) is 16.9. The van der Waals surface area contributed by atoms with Crippen molar-refractivity contribution in [2.75, 3.05) is 6.79 Å². The maximum atomic E-state index is 12.3. The second kappa shape index (κ2) is 6.64. The van der Waals surface area contributed by atoms with Gasteiger partial charge in [0.2, 0.25) is 6.79 Å². The van der Waals surface area contributed by atoms with Crippen LogP contribution in [-0.2, 0) is 17.9 Å². The third kappa shape index (κ3) is 3.05. The van der Waals surface area contributed by atoms with Crippen LogP contribution in [-0.4, -0.2) is 22.3 Å². The summed E-state index contributed by atoms with van der Waals surface area (Å²) in [7, 11) is 0. The molecular formula is C19H16N2O6. The summed E-state index contributed by atoms with van der Waals surface area (Å²) in [4.78, 5) is 39.2. The molecule has 27 heavy (non-hydrogen) atoms. The highest BCUT2D eigenvalue weighted by Gasteiger charge is 2.15. The van der Waals surface area contributed by atoms with Gasteiger partial charge in [0.1, 0.15) is 6.61 Å². The van der Waals surface area contributed by atoms with Gasteiger partial charge in [-0.15, -0.1) is 0 Å². The molecule has 0 spiro atoms. The van der Waals surface area contributed by atoms with E-state index in [0.717, 1.165) is 10.1 Å². The highest BCUT2D eigenvalue weighted by atomic mass is 16.7. The van der Waals surface area contributed by atoms with E-state index in [-0.39, 0.29) is 25.5 Å². The van der Waals surface area contributed by atoms with Crippen molar-refractivity contribution in [3.05, 3.63) is 68.4 Å². The number of aromatic nitrogens is 2. The van der Waals surface area contributed by atoms with Crippen LogP contribution in [0.4, 0.5) is 0 Å². The van der Waals surface area contributed by atoms with Gasteiger partial charge >= 0.3 is 11.7 Å². The van der Waals surface area contributed by atoms with E-state index < -0.39 is 17.2 Å². The van der Waals surface area contributed by atoms with Gasteiger partial charge in [-0.05, 0) is 42.8 Å². The average Bonchev–Trinajstić information content (AvgIpc) is 3.13. The van der Waals surface area contributed by atoms with Crippen LogP contribution < -0.4 is 20.7 Å². The quantitative estimate of drug-likeness (QED) is 0.705. The summed E-state index contributed by atoms with van der Waals surface area (Å²) in [5.41, 5.74) is 0.393. The van der Waals surface area contributed by atoms with E-state index in [0.29, 0.717) is 22.4 Å². The highest BCUT2D eigenvalue weighted by molar-refractivity contribution is 5.94. The Morgan fingerprint density at radius 1 is 1.15 bits per heavy atom. The fraction of sp³-hybridized carbons (Fsp3) is 0.211. The van der Waals surface area contributed by atoms with Gasteiger partial charge in [-0.2, -0.15) is 0 Å². The fourth-order valence-corrected chi connectivity index (χ4v) is 2.93. The van der Waals surface area contributed by atoms with Crippen molar-refractivity contribution in [3.8, 4) is 11.5 Å². The lowest BCUT2D eigenvalue weighted by Gasteiger charge is -2.07. The number of aromatic amines is 1. The van der Waals surface area contributed by atoms with Crippen molar-refractivity contribution in [1.29, 1.82) is 0 Å². The van der Waals surface area contributed by atoms with Crippen molar-refractivity contribution in [2.24, 2.45) is 0 Å². The Hall–Kier alpha value is -3.55. The van der Waals surface area contributed by atoms with E-state index in [1.165, 1.54) is 18.2 Å². The predicted molar refractivity (Wildman–Crippen MR) is 96.2 cm³/mol. The molecule has 8 heteroatoms. The molecule has 0 saturated carbocycles. The molecule has 4 rings (SSSR count). The molecular weight excluding hydrogens is 352 g/mol. The minimum atomic E-state index is -0.560. The van der Waals surface area contributed by atoms with Gasteiger partial charge in [0.15, 0.2) is 11.5 Å². The number of carbonyl (C=O) groups excluding carboxylic acids is 1. The van der Waals surface area contributed by atoms with Crippen molar-refractivity contribution >= 4 is 16.9 Å². The minimum Gasteiger partial charge on any atom is -0.457 e. The molecule has 1 N–H and O–H groups in total. The first-order valence-electron chi connectivity index (χ1n) is 8.39.